The molecule has 1 aromatic carbocycles. The summed E-state index contributed by atoms with van der Waals surface area (Å²) in [4.78, 5) is 0. The highest BCUT2D eigenvalue weighted by Gasteiger charge is 2.20. The van der Waals surface area contributed by atoms with E-state index in [0.717, 1.165) is 13.2 Å². The Bertz CT molecular complexity index is 287. The Kier molecular flexibility index (Phi) is 2.36. The van der Waals surface area contributed by atoms with Gasteiger partial charge < -0.3 is 4.74 Å². The molecule has 0 N–H and O–H groups in total. The Morgan fingerprint density at radius 1 is 1.31 bits per heavy atom. The van der Waals surface area contributed by atoms with Crippen LogP contribution in [0.4, 0.5) is 0 Å². The van der Waals surface area contributed by atoms with Gasteiger partial charge in [-0.05, 0) is 17.0 Å². The van der Waals surface area contributed by atoms with Crippen LogP contribution in [0.3, 0.4) is 0 Å². The molecule has 2 rings (SSSR count). The monoisotopic (exact) mass is 176 g/mol. The molecule has 0 bridgehead atoms. The van der Waals surface area contributed by atoms with Crippen LogP contribution in [0.25, 0.3) is 0 Å². The minimum absolute atomic E-state index is 0.626. The fraction of sp³-hybridized carbons (Fsp3) is 0.500. The van der Waals surface area contributed by atoms with E-state index in [1.165, 1.54) is 11.1 Å². The topological polar surface area (TPSA) is 9.23 Å². The van der Waals surface area contributed by atoms with Crippen LogP contribution in [0.15, 0.2) is 24.3 Å². The van der Waals surface area contributed by atoms with E-state index in [1.807, 2.05) is 0 Å². The highest BCUT2D eigenvalue weighted by Crippen LogP contribution is 2.26. The number of hydrogen-bond acceptors (Lipinski definition) is 1. The van der Waals surface area contributed by atoms with Gasteiger partial charge in [0.15, 0.2) is 0 Å². The molecule has 13 heavy (non-hydrogen) atoms. The first-order valence-electron chi connectivity index (χ1n) is 4.95. The van der Waals surface area contributed by atoms with Crippen molar-refractivity contribution in [3.8, 4) is 0 Å². The first-order valence-corrected chi connectivity index (χ1v) is 4.95. The smallest absolute Gasteiger partial charge is 0.0557 e. The minimum Gasteiger partial charge on any atom is -0.380 e. The molecule has 1 fully saturated rings. The van der Waals surface area contributed by atoms with E-state index in [2.05, 4.69) is 38.1 Å². The van der Waals surface area contributed by atoms with Crippen molar-refractivity contribution in [1.82, 2.24) is 0 Å². The zero-order chi connectivity index (χ0) is 9.26. The van der Waals surface area contributed by atoms with Crippen molar-refractivity contribution in [2.24, 2.45) is 0 Å². The fourth-order valence-corrected chi connectivity index (χ4v) is 1.60. The normalized spacial score (nSPS) is 17.5. The Labute approximate surface area is 79.7 Å². The van der Waals surface area contributed by atoms with E-state index in [-0.39, 0.29) is 0 Å². The van der Waals surface area contributed by atoms with Crippen LogP contribution in [0, 0.1) is 0 Å². The highest BCUT2D eigenvalue weighted by atomic mass is 16.5. The molecule has 0 atom stereocenters. The Balaban J connectivity index is 2.21. The molecule has 1 aromatic rings. The highest BCUT2D eigenvalue weighted by molar-refractivity contribution is 5.29. The summed E-state index contributed by atoms with van der Waals surface area (Å²) in [6.07, 6.45) is 0. The summed E-state index contributed by atoms with van der Waals surface area (Å²) in [6.45, 7) is 6.27. The van der Waals surface area contributed by atoms with Gasteiger partial charge in [0.2, 0.25) is 0 Å². The predicted molar refractivity (Wildman–Crippen MR) is 54.1 cm³/mol. The SMILES string of the molecule is CC(C)c1cccc(C2COC2)c1. The molecule has 0 unspecified atom stereocenters. The number of rotatable bonds is 2. The molecule has 0 saturated carbocycles. The van der Waals surface area contributed by atoms with Crippen molar-refractivity contribution >= 4 is 0 Å². The lowest BCUT2D eigenvalue weighted by Gasteiger charge is -2.26. The average Bonchev–Trinajstić information content (AvgIpc) is 2.01. The van der Waals surface area contributed by atoms with Crippen molar-refractivity contribution < 1.29 is 4.74 Å². The summed E-state index contributed by atoms with van der Waals surface area (Å²) in [7, 11) is 0. The number of benzene rings is 1. The summed E-state index contributed by atoms with van der Waals surface area (Å²) in [5.41, 5.74) is 2.88. The van der Waals surface area contributed by atoms with Gasteiger partial charge in [-0.3, -0.25) is 0 Å². The van der Waals surface area contributed by atoms with Crippen molar-refractivity contribution in [3.63, 3.8) is 0 Å². The van der Waals surface area contributed by atoms with E-state index >= 15 is 0 Å². The quantitative estimate of drug-likeness (QED) is 0.673. The largest absolute Gasteiger partial charge is 0.380 e. The molecule has 0 aromatic heterocycles. The minimum atomic E-state index is 0.626. The second kappa shape index (κ2) is 3.51. The maximum absolute atomic E-state index is 5.19. The van der Waals surface area contributed by atoms with Gasteiger partial charge in [0.05, 0.1) is 13.2 Å². The molecule has 1 aliphatic rings. The molecule has 0 radical (unpaired) electrons. The maximum atomic E-state index is 5.19. The van der Waals surface area contributed by atoms with Gasteiger partial charge in [-0.1, -0.05) is 38.1 Å². The molecule has 1 heterocycles. The van der Waals surface area contributed by atoms with Gasteiger partial charge in [-0.2, -0.15) is 0 Å². The van der Waals surface area contributed by atoms with E-state index < -0.39 is 0 Å². The van der Waals surface area contributed by atoms with Crippen molar-refractivity contribution in [1.29, 1.82) is 0 Å². The van der Waals surface area contributed by atoms with Crippen LogP contribution < -0.4 is 0 Å². The van der Waals surface area contributed by atoms with Gasteiger partial charge >= 0.3 is 0 Å². The van der Waals surface area contributed by atoms with Crippen LogP contribution >= 0.6 is 0 Å². The summed E-state index contributed by atoms with van der Waals surface area (Å²) in [5, 5.41) is 0. The first-order chi connectivity index (χ1) is 6.27. The molecule has 1 nitrogen and oxygen atoms in total. The summed E-state index contributed by atoms with van der Waals surface area (Å²) >= 11 is 0. The lowest BCUT2D eigenvalue weighted by Crippen LogP contribution is -2.25. The van der Waals surface area contributed by atoms with Gasteiger partial charge in [0.1, 0.15) is 0 Å². The van der Waals surface area contributed by atoms with Gasteiger partial charge in [0, 0.05) is 5.92 Å². The molecular weight excluding hydrogens is 160 g/mol. The third-order valence-corrected chi connectivity index (χ3v) is 2.69. The average molecular weight is 176 g/mol. The van der Waals surface area contributed by atoms with Crippen molar-refractivity contribution in [2.45, 2.75) is 25.7 Å². The van der Waals surface area contributed by atoms with Crippen LogP contribution in [-0.4, -0.2) is 13.2 Å². The van der Waals surface area contributed by atoms with Crippen molar-refractivity contribution in [3.05, 3.63) is 35.4 Å². The van der Waals surface area contributed by atoms with E-state index in [1.54, 1.807) is 0 Å². The Morgan fingerprint density at radius 3 is 2.62 bits per heavy atom. The van der Waals surface area contributed by atoms with Crippen LogP contribution in [0.5, 0.6) is 0 Å². The molecule has 0 spiro atoms. The van der Waals surface area contributed by atoms with Crippen LogP contribution in [0.2, 0.25) is 0 Å². The molecule has 1 saturated heterocycles. The second-order valence-corrected chi connectivity index (χ2v) is 4.06. The fourth-order valence-electron chi connectivity index (χ4n) is 1.60. The molecule has 1 aliphatic heterocycles. The zero-order valence-corrected chi connectivity index (χ0v) is 8.29. The first kappa shape index (κ1) is 8.76. The third kappa shape index (κ3) is 1.75. The molecule has 0 amide bonds. The number of hydrogen-bond donors (Lipinski definition) is 0. The Hall–Kier alpha value is -0.820. The van der Waals surface area contributed by atoms with Gasteiger partial charge in [-0.25, -0.2) is 0 Å². The standard InChI is InChI=1S/C12H16O/c1-9(2)10-4-3-5-11(6-10)12-7-13-8-12/h3-6,9,12H,7-8H2,1-2H3. The summed E-state index contributed by atoms with van der Waals surface area (Å²) in [5.74, 6) is 1.28. The summed E-state index contributed by atoms with van der Waals surface area (Å²) in [6, 6.07) is 8.88. The second-order valence-electron chi connectivity index (χ2n) is 4.06. The number of ether oxygens (including phenoxy) is 1. The van der Waals surface area contributed by atoms with Crippen LogP contribution in [-0.2, 0) is 4.74 Å². The summed E-state index contributed by atoms with van der Waals surface area (Å²) < 4.78 is 5.19. The van der Waals surface area contributed by atoms with E-state index in [4.69, 9.17) is 4.74 Å². The molecule has 70 valence electrons. The Morgan fingerprint density at radius 2 is 2.08 bits per heavy atom. The zero-order valence-electron chi connectivity index (χ0n) is 8.29. The van der Waals surface area contributed by atoms with Crippen LogP contribution in [0.1, 0.15) is 36.8 Å². The molecule has 1 heteroatoms. The van der Waals surface area contributed by atoms with E-state index in [9.17, 15) is 0 Å². The molecule has 0 aliphatic carbocycles. The lowest BCUT2D eigenvalue weighted by molar-refractivity contribution is 0.00839. The predicted octanol–water partition coefficient (Wildman–Crippen LogP) is 2.92. The van der Waals surface area contributed by atoms with Gasteiger partial charge in [0.25, 0.3) is 0 Å². The van der Waals surface area contributed by atoms with E-state index in [0.29, 0.717) is 11.8 Å². The van der Waals surface area contributed by atoms with Crippen molar-refractivity contribution in [2.75, 3.05) is 13.2 Å². The van der Waals surface area contributed by atoms with Gasteiger partial charge in [-0.15, -0.1) is 0 Å². The molecular formula is C12H16O. The third-order valence-electron chi connectivity index (χ3n) is 2.69. The lowest BCUT2D eigenvalue weighted by atomic mass is 9.93. The maximum Gasteiger partial charge on any atom is 0.0557 e.